The summed E-state index contributed by atoms with van der Waals surface area (Å²) >= 11 is -3.04. The van der Waals surface area contributed by atoms with Crippen LogP contribution in [0.2, 0.25) is 0 Å². The van der Waals surface area contributed by atoms with Crippen LogP contribution in [0.4, 0.5) is 34.1 Å². The molecule has 4 heteroatoms. The van der Waals surface area contributed by atoms with E-state index in [2.05, 4.69) is 180 Å². The van der Waals surface area contributed by atoms with Gasteiger partial charge < -0.3 is 0 Å². The van der Waals surface area contributed by atoms with Gasteiger partial charge in [-0.1, -0.05) is 0 Å². The maximum absolute atomic E-state index is 7.18. The molecule has 0 N–H and O–H groups in total. The van der Waals surface area contributed by atoms with Crippen LogP contribution in [0.5, 0.6) is 11.5 Å². The van der Waals surface area contributed by atoms with E-state index in [-0.39, 0.29) is 10.8 Å². The number of fused-ring (bicyclic) bond motifs is 4. The van der Waals surface area contributed by atoms with E-state index in [4.69, 9.17) is 4.74 Å². The molecule has 0 saturated carbocycles. The first-order valence-electron chi connectivity index (χ1n) is 18.0. The first-order valence-corrected chi connectivity index (χ1v) is 23.2. The Bertz CT molecular complexity index is 2410. The molecule has 0 unspecified atom stereocenters. The van der Waals surface area contributed by atoms with Gasteiger partial charge in [-0.05, 0) is 0 Å². The molecule has 0 aromatic heterocycles. The van der Waals surface area contributed by atoms with Crippen LogP contribution in [-0.4, -0.2) is 21.8 Å². The van der Waals surface area contributed by atoms with Crippen molar-refractivity contribution in [3.8, 4) is 11.5 Å². The standard InChI is InChI=1S/C47H41N2O.Bi/c1-31-24-38-28-39(25-31)49(37-22-18-35(19-23-37)47(5,6)7)45-30-41(27-33-13-9-11-15-43(33)45)50-40-26-32-12-8-10-14-42(32)44(29-40)48(38)36-20-16-34(17-21-36)46(2,3)4;/h8-27H,1-7H3;. The van der Waals surface area contributed by atoms with E-state index >= 15 is 0 Å². The Hall–Kier alpha value is -4.66. The molecule has 0 spiro atoms. The molecule has 3 aliphatic rings. The third-order valence-electron chi connectivity index (χ3n) is 10.9. The van der Waals surface area contributed by atoms with Crippen LogP contribution in [-0.2, 0) is 10.8 Å². The third-order valence-corrected chi connectivity index (χ3v) is 21.3. The molecule has 0 radical (unpaired) electrons. The Balaban J connectivity index is 1.34. The second-order valence-corrected chi connectivity index (χ2v) is 24.3. The third kappa shape index (κ3) is 4.52. The molecule has 51 heavy (non-hydrogen) atoms. The predicted molar refractivity (Wildman–Crippen MR) is 218 cm³/mol. The Kier molecular flexibility index (Phi) is 6.52. The van der Waals surface area contributed by atoms with Crippen LogP contribution in [0.15, 0.2) is 121 Å². The van der Waals surface area contributed by atoms with Gasteiger partial charge in [0.1, 0.15) is 0 Å². The van der Waals surface area contributed by atoms with Gasteiger partial charge in [0, 0.05) is 0 Å². The molecule has 10 rings (SSSR count). The summed E-state index contributed by atoms with van der Waals surface area (Å²) < 4.78 is 11.6. The van der Waals surface area contributed by atoms with Crippen molar-refractivity contribution in [1.82, 2.24) is 0 Å². The van der Waals surface area contributed by atoms with E-state index in [0.717, 1.165) is 11.5 Å². The molecular weight excluding hydrogens is 818 g/mol. The van der Waals surface area contributed by atoms with E-state index < -0.39 is 21.8 Å². The van der Waals surface area contributed by atoms with Gasteiger partial charge in [-0.3, -0.25) is 0 Å². The summed E-state index contributed by atoms with van der Waals surface area (Å²) in [5.41, 5.74) is 11.7. The number of anilines is 6. The molecule has 7 aromatic carbocycles. The molecule has 0 aliphatic carbocycles. The number of rotatable bonds is 2. The molecule has 0 bridgehead atoms. The van der Waals surface area contributed by atoms with Crippen molar-refractivity contribution in [3.05, 3.63) is 138 Å². The van der Waals surface area contributed by atoms with Crippen LogP contribution in [0.1, 0.15) is 58.2 Å². The van der Waals surface area contributed by atoms with Crippen LogP contribution in [0, 0.1) is 6.92 Å². The molecule has 0 atom stereocenters. The molecule has 0 fully saturated rings. The summed E-state index contributed by atoms with van der Waals surface area (Å²) in [6, 6.07) is 46.0. The zero-order valence-corrected chi connectivity index (χ0v) is 33.8. The van der Waals surface area contributed by atoms with Crippen LogP contribution in [0.3, 0.4) is 0 Å². The van der Waals surface area contributed by atoms with Crippen molar-refractivity contribution in [3.63, 3.8) is 0 Å². The molecule has 3 aliphatic heterocycles. The number of ether oxygens (including phenoxy) is 1. The number of hydrogen-bond donors (Lipinski definition) is 0. The molecule has 3 nitrogen and oxygen atoms in total. The minimum absolute atomic E-state index is 0.0720. The zero-order valence-electron chi connectivity index (χ0n) is 30.3. The van der Waals surface area contributed by atoms with Gasteiger partial charge >= 0.3 is 311 Å². The van der Waals surface area contributed by atoms with Crippen molar-refractivity contribution in [2.75, 3.05) is 9.80 Å². The van der Waals surface area contributed by atoms with Gasteiger partial charge in [0.15, 0.2) is 0 Å². The second-order valence-electron chi connectivity index (χ2n) is 16.4. The molecule has 3 heterocycles. The fraction of sp³-hybridized carbons (Fsp3) is 0.191. The van der Waals surface area contributed by atoms with E-state index in [0.29, 0.717) is 0 Å². The number of benzene rings is 7. The fourth-order valence-corrected chi connectivity index (χ4v) is 20.0. The first-order chi connectivity index (χ1) is 24.5. The van der Waals surface area contributed by atoms with Crippen molar-refractivity contribution < 1.29 is 4.74 Å². The van der Waals surface area contributed by atoms with Gasteiger partial charge in [0.2, 0.25) is 0 Å². The van der Waals surface area contributed by atoms with E-state index in [1.807, 2.05) is 0 Å². The van der Waals surface area contributed by atoms with Crippen molar-refractivity contribution in [2.45, 2.75) is 59.3 Å². The summed E-state index contributed by atoms with van der Waals surface area (Å²) in [6.45, 7) is 16.0. The monoisotopic (exact) mass is 858 g/mol. The summed E-state index contributed by atoms with van der Waals surface area (Å²) in [7, 11) is 0. The molecule has 0 saturated heterocycles. The molecule has 0 amide bonds. The van der Waals surface area contributed by atoms with Crippen LogP contribution < -0.4 is 24.4 Å². The van der Waals surface area contributed by atoms with E-state index in [9.17, 15) is 0 Å². The average molecular weight is 859 g/mol. The fourth-order valence-electron chi connectivity index (χ4n) is 8.39. The number of aryl methyl sites for hydroxylation is 1. The van der Waals surface area contributed by atoms with Gasteiger partial charge in [-0.2, -0.15) is 0 Å². The molecular formula is C47H41BiN2O. The summed E-state index contributed by atoms with van der Waals surface area (Å²) in [6.07, 6.45) is 0. The molecule has 7 aromatic rings. The van der Waals surface area contributed by atoms with Gasteiger partial charge in [0.05, 0.1) is 0 Å². The Morgan fingerprint density at radius 3 is 1.31 bits per heavy atom. The average Bonchev–Trinajstić information content (AvgIpc) is 3.10. The normalized spacial score (nSPS) is 14.6. The Morgan fingerprint density at radius 2 is 0.902 bits per heavy atom. The minimum atomic E-state index is -3.04. The molecule has 250 valence electrons. The first kappa shape index (κ1) is 31.1. The van der Waals surface area contributed by atoms with Crippen molar-refractivity contribution in [2.24, 2.45) is 0 Å². The van der Waals surface area contributed by atoms with Gasteiger partial charge in [0.25, 0.3) is 0 Å². The quantitative estimate of drug-likeness (QED) is 0.161. The van der Waals surface area contributed by atoms with Gasteiger partial charge in [-0.25, -0.2) is 0 Å². The number of hydrogen-bond acceptors (Lipinski definition) is 3. The van der Waals surface area contributed by atoms with Crippen molar-refractivity contribution >= 4 is 87.2 Å². The maximum atomic E-state index is 7.18. The second kappa shape index (κ2) is 10.7. The Morgan fingerprint density at radius 1 is 0.490 bits per heavy atom. The summed E-state index contributed by atoms with van der Waals surface area (Å²) in [5, 5.41) is 5.00. The predicted octanol–water partition coefficient (Wildman–Crippen LogP) is 11.1. The zero-order chi connectivity index (χ0) is 35.0. The van der Waals surface area contributed by atoms with Crippen LogP contribution in [0.25, 0.3) is 21.5 Å². The van der Waals surface area contributed by atoms with Crippen LogP contribution >= 0.6 is 0 Å². The van der Waals surface area contributed by atoms with E-state index in [1.54, 1.807) is 0 Å². The van der Waals surface area contributed by atoms with Crippen molar-refractivity contribution in [1.29, 1.82) is 0 Å². The Labute approximate surface area is 308 Å². The number of nitrogens with zero attached hydrogens (tertiary/aromatic N) is 2. The van der Waals surface area contributed by atoms with Gasteiger partial charge in [-0.15, -0.1) is 0 Å². The summed E-state index contributed by atoms with van der Waals surface area (Å²) in [4.78, 5) is 5.15. The summed E-state index contributed by atoms with van der Waals surface area (Å²) in [5.74, 6) is 2.07. The van der Waals surface area contributed by atoms with E-state index in [1.165, 1.54) is 82.2 Å². The SMILES string of the molecule is Cc1cc2[c]3c(c1)N(c1ccc(C(C)(C)C)cc1)c1[c]4c(cc5ccccc15)Oc1cc5ccccc5c([c]1[Bi]34)N2c1ccc(C(C)(C)C)cc1. The topological polar surface area (TPSA) is 15.7 Å².